The molecule has 0 spiro atoms. The molecular weight excluding hydrogens is 516 g/mol. The maximum Gasteiger partial charge on any atom is 0.333 e. The van der Waals surface area contributed by atoms with Crippen LogP contribution in [0.1, 0.15) is 87.6 Å². The van der Waals surface area contributed by atoms with Crippen LogP contribution in [0, 0.1) is 5.92 Å². The summed E-state index contributed by atoms with van der Waals surface area (Å²) in [5.41, 5.74) is 6.17. The van der Waals surface area contributed by atoms with Crippen molar-refractivity contribution >= 4 is 17.9 Å². The number of ether oxygens (including phenoxy) is 3. The van der Waals surface area contributed by atoms with Gasteiger partial charge in [-0.1, -0.05) is 69.6 Å². The quantitative estimate of drug-likeness (QED) is 0.150. The molecule has 2 aromatic rings. The van der Waals surface area contributed by atoms with Crippen LogP contribution in [-0.4, -0.2) is 17.9 Å². The fourth-order valence-electron chi connectivity index (χ4n) is 4.78. The zero-order valence-electron chi connectivity index (χ0n) is 23.9. The average Bonchev–Trinajstić information content (AvgIpc) is 2.94. The zero-order valence-corrected chi connectivity index (χ0v) is 23.9. The summed E-state index contributed by atoms with van der Waals surface area (Å²) < 4.78 is 16.0. The molecule has 1 aliphatic rings. The van der Waals surface area contributed by atoms with Crippen LogP contribution in [0.4, 0.5) is 0 Å². The lowest BCUT2D eigenvalue weighted by Gasteiger charge is -2.29. The minimum absolute atomic E-state index is 0. The lowest BCUT2D eigenvalue weighted by Crippen LogP contribution is -2.16. The monoisotopic (exact) mass is 560 g/mol. The number of benzene rings is 2. The van der Waals surface area contributed by atoms with Gasteiger partial charge in [0.1, 0.15) is 19.8 Å². The molecule has 0 heterocycles. The SMILES string of the molecule is C.C=C(C)C(=O)OCc1ccc(CC2CCC(c3ccc(COC(=O)C(=C)C)c(COC(=O)C(=C)C)c3)CC2)cc1. The molecule has 0 unspecified atom stereocenters. The largest absolute Gasteiger partial charge is 0.457 e. The molecule has 1 fully saturated rings. The Hall–Kier alpha value is -3.93. The molecule has 0 atom stereocenters. The van der Waals surface area contributed by atoms with Crippen molar-refractivity contribution in [3.63, 3.8) is 0 Å². The smallest absolute Gasteiger partial charge is 0.333 e. The van der Waals surface area contributed by atoms with Gasteiger partial charge in [0.15, 0.2) is 0 Å². The normalized spacial score (nSPS) is 16.1. The van der Waals surface area contributed by atoms with E-state index in [1.807, 2.05) is 18.2 Å². The maximum atomic E-state index is 12.0. The van der Waals surface area contributed by atoms with E-state index in [4.69, 9.17) is 14.2 Å². The molecule has 0 amide bonds. The van der Waals surface area contributed by atoms with E-state index in [1.54, 1.807) is 20.8 Å². The molecular formula is C35H44O6. The van der Waals surface area contributed by atoms with Crippen molar-refractivity contribution in [3.8, 4) is 0 Å². The first-order valence-electron chi connectivity index (χ1n) is 13.7. The second-order valence-corrected chi connectivity index (χ2v) is 10.8. The standard InChI is InChI=1S/C34H40O6.CH4/c1-22(2)32(35)38-19-27-9-7-25(8-10-27)17-26-11-13-28(14-12-26)29-15-16-30(20-39-33(36)23(3)4)31(18-29)21-40-34(37)24(5)6;/h7-10,15-16,18,26,28H,1,3,5,11-14,17,19-21H2,2,4,6H3;1H4. The number of hydrogen-bond donors (Lipinski definition) is 0. The van der Waals surface area contributed by atoms with Gasteiger partial charge in [0.2, 0.25) is 0 Å². The Kier molecular flexibility index (Phi) is 12.8. The molecule has 2 aromatic carbocycles. The lowest BCUT2D eigenvalue weighted by atomic mass is 9.76. The molecule has 0 aromatic heterocycles. The predicted molar refractivity (Wildman–Crippen MR) is 162 cm³/mol. The molecule has 0 saturated heterocycles. The molecule has 41 heavy (non-hydrogen) atoms. The summed E-state index contributed by atoms with van der Waals surface area (Å²) >= 11 is 0. The van der Waals surface area contributed by atoms with Gasteiger partial charge in [-0.3, -0.25) is 0 Å². The van der Waals surface area contributed by atoms with Gasteiger partial charge in [0.05, 0.1) is 0 Å². The molecule has 0 N–H and O–H groups in total. The second-order valence-electron chi connectivity index (χ2n) is 10.8. The van der Waals surface area contributed by atoms with Crippen LogP contribution < -0.4 is 0 Å². The summed E-state index contributed by atoms with van der Waals surface area (Å²) in [5, 5.41) is 0. The van der Waals surface area contributed by atoms with Crippen LogP contribution in [-0.2, 0) is 54.8 Å². The second kappa shape index (κ2) is 15.8. The highest BCUT2D eigenvalue weighted by atomic mass is 16.5. The first kappa shape index (κ1) is 33.3. The van der Waals surface area contributed by atoms with Crippen molar-refractivity contribution in [3.05, 3.63) is 107 Å². The topological polar surface area (TPSA) is 78.9 Å². The average molecular weight is 561 g/mol. The number of hydrogen-bond acceptors (Lipinski definition) is 6. The van der Waals surface area contributed by atoms with E-state index in [0.717, 1.165) is 48.8 Å². The number of carbonyl (C=O) groups is 3. The van der Waals surface area contributed by atoms with E-state index in [0.29, 0.717) is 28.6 Å². The van der Waals surface area contributed by atoms with E-state index in [-0.39, 0.29) is 33.2 Å². The van der Waals surface area contributed by atoms with Gasteiger partial charge in [-0.25, -0.2) is 14.4 Å². The highest BCUT2D eigenvalue weighted by molar-refractivity contribution is 5.87. The Morgan fingerprint density at radius 1 is 0.659 bits per heavy atom. The summed E-state index contributed by atoms with van der Waals surface area (Å²) in [7, 11) is 0. The Bertz CT molecular complexity index is 1260. The lowest BCUT2D eigenvalue weighted by molar-refractivity contribution is -0.141. The fourth-order valence-corrected chi connectivity index (χ4v) is 4.78. The van der Waals surface area contributed by atoms with Crippen molar-refractivity contribution < 1.29 is 28.6 Å². The predicted octanol–water partition coefficient (Wildman–Crippen LogP) is 7.70. The van der Waals surface area contributed by atoms with E-state index in [2.05, 4.69) is 44.0 Å². The van der Waals surface area contributed by atoms with Crippen LogP contribution >= 0.6 is 0 Å². The van der Waals surface area contributed by atoms with Gasteiger partial charge in [0.25, 0.3) is 0 Å². The molecule has 1 aliphatic carbocycles. The first-order valence-corrected chi connectivity index (χ1v) is 13.7. The summed E-state index contributed by atoms with van der Waals surface area (Å²) in [6.45, 7) is 16.2. The van der Waals surface area contributed by atoms with Crippen LogP contribution in [0.2, 0.25) is 0 Å². The number of esters is 3. The van der Waals surface area contributed by atoms with Crippen LogP contribution in [0.5, 0.6) is 0 Å². The van der Waals surface area contributed by atoms with Crippen LogP contribution in [0.25, 0.3) is 0 Å². The summed E-state index contributed by atoms with van der Waals surface area (Å²) in [5.74, 6) is -0.240. The van der Waals surface area contributed by atoms with Gasteiger partial charge >= 0.3 is 17.9 Å². The summed E-state index contributed by atoms with van der Waals surface area (Å²) in [4.78, 5) is 35.5. The third-order valence-electron chi connectivity index (χ3n) is 7.23. The van der Waals surface area contributed by atoms with Gasteiger partial charge in [-0.15, -0.1) is 0 Å². The van der Waals surface area contributed by atoms with Gasteiger partial charge < -0.3 is 14.2 Å². The molecule has 3 rings (SSSR count). The summed E-state index contributed by atoms with van der Waals surface area (Å²) in [6, 6.07) is 14.4. The van der Waals surface area contributed by atoms with Crippen molar-refractivity contribution in [2.45, 2.75) is 86.0 Å². The number of rotatable bonds is 12. The third kappa shape index (κ3) is 10.2. The molecule has 6 nitrogen and oxygen atoms in total. The van der Waals surface area contributed by atoms with E-state index < -0.39 is 11.9 Å². The van der Waals surface area contributed by atoms with E-state index in [1.165, 1.54) is 11.1 Å². The minimum Gasteiger partial charge on any atom is -0.457 e. The van der Waals surface area contributed by atoms with Gasteiger partial charge in [-0.2, -0.15) is 0 Å². The molecule has 0 aliphatic heterocycles. The Morgan fingerprint density at radius 2 is 1.12 bits per heavy atom. The third-order valence-corrected chi connectivity index (χ3v) is 7.23. The molecule has 220 valence electrons. The zero-order chi connectivity index (χ0) is 29.2. The van der Waals surface area contributed by atoms with Gasteiger partial charge in [0, 0.05) is 16.7 Å². The Morgan fingerprint density at radius 3 is 1.63 bits per heavy atom. The Balaban J connectivity index is 0.00000588. The fraction of sp³-hybridized carbons (Fsp3) is 0.400. The van der Waals surface area contributed by atoms with Crippen molar-refractivity contribution in [1.29, 1.82) is 0 Å². The number of carbonyl (C=O) groups excluding carboxylic acids is 3. The maximum absolute atomic E-state index is 12.0. The van der Waals surface area contributed by atoms with Crippen molar-refractivity contribution in [1.82, 2.24) is 0 Å². The highest BCUT2D eigenvalue weighted by Gasteiger charge is 2.24. The first-order chi connectivity index (χ1) is 19.0. The Labute approximate surface area is 245 Å². The molecule has 0 radical (unpaired) electrons. The van der Waals surface area contributed by atoms with Crippen LogP contribution in [0.15, 0.2) is 78.9 Å². The summed E-state index contributed by atoms with van der Waals surface area (Å²) in [6.07, 6.45) is 5.43. The molecule has 0 bridgehead atoms. The highest BCUT2D eigenvalue weighted by Crippen LogP contribution is 2.38. The van der Waals surface area contributed by atoms with E-state index >= 15 is 0 Å². The van der Waals surface area contributed by atoms with Crippen molar-refractivity contribution in [2.24, 2.45) is 5.92 Å². The van der Waals surface area contributed by atoms with Crippen molar-refractivity contribution in [2.75, 3.05) is 0 Å². The molecule has 1 saturated carbocycles. The molecule has 6 heteroatoms. The minimum atomic E-state index is -0.451. The van der Waals surface area contributed by atoms with Crippen LogP contribution in [0.3, 0.4) is 0 Å². The van der Waals surface area contributed by atoms with Gasteiger partial charge in [-0.05, 0) is 92.5 Å². The van der Waals surface area contributed by atoms with E-state index in [9.17, 15) is 14.4 Å².